The number of carbonyl (C=O) groups is 1. The van der Waals surface area contributed by atoms with Crippen LogP contribution in [0.1, 0.15) is 52.9 Å². The van der Waals surface area contributed by atoms with Gasteiger partial charge in [0.25, 0.3) is 0 Å². The molecule has 0 aromatic heterocycles. The zero-order valence-corrected chi connectivity index (χ0v) is 14.5. The van der Waals surface area contributed by atoms with Crippen LogP contribution in [0, 0.1) is 0 Å². The monoisotopic (exact) mass is 296 g/mol. The van der Waals surface area contributed by atoms with Crippen LogP contribution in [-0.4, -0.2) is 26.0 Å². The Kier molecular flexibility index (Phi) is 3.93. The fourth-order valence-corrected chi connectivity index (χ4v) is 4.32. The molecule has 0 amide bonds. The summed E-state index contributed by atoms with van der Waals surface area (Å²) in [5, 5.41) is 0.172. The van der Waals surface area contributed by atoms with E-state index in [1.165, 1.54) is 0 Å². The fourth-order valence-electron chi connectivity index (χ4n) is 2.92. The normalized spacial score (nSPS) is 31.8. The Morgan fingerprint density at radius 3 is 2.50 bits per heavy atom. The molecule has 4 heteroatoms. The van der Waals surface area contributed by atoms with Gasteiger partial charge in [0.1, 0.15) is 5.60 Å². The lowest BCUT2D eigenvalue weighted by molar-refractivity contribution is -0.161. The Labute approximate surface area is 123 Å². The van der Waals surface area contributed by atoms with E-state index in [1.54, 1.807) is 0 Å². The predicted molar refractivity (Wildman–Crippen MR) is 83.1 cm³/mol. The molecule has 0 N–H and O–H groups in total. The highest BCUT2D eigenvalue weighted by Crippen LogP contribution is 2.46. The molecule has 2 rings (SSSR count). The number of ether oxygens (including phenoxy) is 1. The van der Waals surface area contributed by atoms with E-state index in [2.05, 4.69) is 40.4 Å². The third-order valence-electron chi connectivity index (χ3n) is 5.24. The number of esters is 1. The lowest BCUT2D eigenvalue weighted by Crippen LogP contribution is -2.53. The Morgan fingerprint density at radius 1 is 1.35 bits per heavy atom. The maximum absolute atomic E-state index is 11.8. The van der Waals surface area contributed by atoms with Crippen molar-refractivity contribution in [2.75, 3.05) is 0 Å². The molecule has 114 valence electrons. The summed E-state index contributed by atoms with van der Waals surface area (Å²) in [5.74, 6) is -0.226. The first-order valence-corrected chi connectivity index (χ1v) is 10.6. The number of rotatable bonds is 2. The fraction of sp³-hybridized carbons (Fsp3) is 0.812. The van der Waals surface area contributed by atoms with Crippen LogP contribution in [0.25, 0.3) is 0 Å². The van der Waals surface area contributed by atoms with E-state index < -0.39 is 13.9 Å². The molecule has 20 heavy (non-hydrogen) atoms. The smallest absolute Gasteiger partial charge is 0.334 e. The van der Waals surface area contributed by atoms with Crippen molar-refractivity contribution in [3.05, 3.63) is 12.2 Å². The Hall–Kier alpha value is -0.613. The molecule has 3 nitrogen and oxygen atoms in total. The second-order valence-electron chi connectivity index (χ2n) is 7.85. The Bertz CT molecular complexity index is 404. The van der Waals surface area contributed by atoms with Gasteiger partial charge in [-0.25, -0.2) is 4.79 Å². The van der Waals surface area contributed by atoms with Crippen LogP contribution in [0.5, 0.6) is 0 Å². The topological polar surface area (TPSA) is 35.5 Å². The van der Waals surface area contributed by atoms with E-state index in [-0.39, 0.29) is 17.1 Å². The van der Waals surface area contributed by atoms with Crippen LogP contribution < -0.4 is 0 Å². The minimum Gasteiger partial charge on any atom is -0.453 e. The number of carbonyl (C=O) groups excluding carboxylic acids is 1. The van der Waals surface area contributed by atoms with Gasteiger partial charge in [0, 0.05) is 12.0 Å². The second kappa shape index (κ2) is 4.99. The van der Waals surface area contributed by atoms with Crippen molar-refractivity contribution in [2.45, 2.75) is 82.7 Å². The molecule has 1 saturated carbocycles. The molecule has 0 aromatic carbocycles. The van der Waals surface area contributed by atoms with Gasteiger partial charge >= 0.3 is 5.97 Å². The first-order chi connectivity index (χ1) is 9.07. The van der Waals surface area contributed by atoms with Crippen molar-refractivity contribution in [1.82, 2.24) is 0 Å². The van der Waals surface area contributed by atoms with Gasteiger partial charge in [-0.15, -0.1) is 0 Å². The van der Waals surface area contributed by atoms with Gasteiger partial charge in [0.15, 0.2) is 8.32 Å². The van der Waals surface area contributed by atoms with E-state index in [0.717, 1.165) is 25.7 Å². The SMILES string of the molecule is C=C1CC2(CCCCC2O[Si](C)(C)C(C)(C)C)OC1=O. The molecular weight excluding hydrogens is 268 g/mol. The number of hydrogen-bond acceptors (Lipinski definition) is 3. The molecule has 2 atom stereocenters. The van der Waals surface area contributed by atoms with Crippen molar-refractivity contribution >= 4 is 14.3 Å². The van der Waals surface area contributed by atoms with Crippen molar-refractivity contribution in [2.24, 2.45) is 0 Å². The zero-order valence-electron chi connectivity index (χ0n) is 13.5. The highest BCUT2D eigenvalue weighted by Gasteiger charge is 2.53. The maximum atomic E-state index is 11.8. The van der Waals surface area contributed by atoms with E-state index in [1.807, 2.05) is 0 Å². The standard InChI is InChI=1S/C16H28O3Si/c1-12-11-16(18-14(12)17)10-8-7-9-13(16)19-20(5,6)15(2,3)4/h13H,1,7-11H2,2-6H3. The largest absolute Gasteiger partial charge is 0.453 e. The van der Waals surface area contributed by atoms with Crippen LogP contribution in [0.3, 0.4) is 0 Å². The van der Waals surface area contributed by atoms with Gasteiger partial charge in [-0.2, -0.15) is 0 Å². The third-order valence-corrected chi connectivity index (χ3v) is 9.73. The van der Waals surface area contributed by atoms with Crippen LogP contribution in [0.4, 0.5) is 0 Å². The van der Waals surface area contributed by atoms with Gasteiger partial charge in [0.05, 0.1) is 6.10 Å². The summed E-state index contributed by atoms with van der Waals surface area (Å²) in [4.78, 5) is 11.8. The summed E-state index contributed by atoms with van der Waals surface area (Å²) in [5.41, 5.74) is 0.179. The Balaban J connectivity index is 2.21. The summed E-state index contributed by atoms with van der Waals surface area (Å²) in [6.45, 7) is 15.1. The zero-order chi connectivity index (χ0) is 15.2. The summed E-state index contributed by atoms with van der Waals surface area (Å²) >= 11 is 0. The van der Waals surface area contributed by atoms with E-state index >= 15 is 0 Å². The summed E-state index contributed by atoms with van der Waals surface area (Å²) in [6, 6.07) is 0. The molecule has 0 bridgehead atoms. The first kappa shape index (κ1) is 15.8. The molecular formula is C16H28O3Si. The quantitative estimate of drug-likeness (QED) is 0.435. The minimum absolute atomic E-state index is 0.0420. The molecule has 1 saturated heterocycles. The van der Waals surface area contributed by atoms with Crippen molar-refractivity contribution in [3.63, 3.8) is 0 Å². The van der Waals surface area contributed by atoms with Crippen LogP contribution >= 0.6 is 0 Å². The molecule has 1 spiro atoms. The van der Waals surface area contributed by atoms with Gasteiger partial charge < -0.3 is 9.16 Å². The molecule has 1 heterocycles. The van der Waals surface area contributed by atoms with Gasteiger partial charge in [-0.3, -0.25) is 0 Å². The molecule has 1 aliphatic carbocycles. The molecule has 0 radical (unpaired) electrons. The molecule has 0 aromatic rings. The Morgan fingerprint density at radius 2 is 2.00 bits per heavy atom. The van der Waals surface area contributed by atoms with Crippen molar-refractivity contribution in [1.29, 1.82) is 0 Å². The highest BCUT2D eigenvalue weighted by molar-refractivity contribution is 6.74. The van der Waals surface area contributed by atoms with Crippen LogP contribution in [-0.2, 0) is 14.0 Å². The average Bonchev–Trinajstić information content (AvgIpc) is 2.57. The maximum Gasteiger partial charge on any atom is 0.334 e. The second-order valence-corrected chi connectivity index (χ2v) is 12.6. The average molecular weight is 296 g/mol. The van der Waals surface area contributed by atoms with Crippen LogP contribution in [0.15, 0.2) is 12.2 Å². The highest BCUT2D eigenvalue weighted by atomic mass is 28.4. The summed E-state index contributed by atoms with van der Waals surface area (Å²) in [7, 11) is -1.85. The predicted octanol–water partition coefficient (Wildman–Crippen LogP) is 4.19. The van der Waals surface area contributed by atoms with E-state index in [0.29, 0.717) is 12.0 Å². The molecule has 2 fully saturated rings. The van der Waals surface area contributed by atoms with Crippen LogP contribution in [0.2, 0.25) is 18.1 Å². The first-order valence-electron chi connectivity index (χ1n) is 7.66. The summed E-state index contributed by atoms with van der Waals surface area (Å²) in [6.07, 6.45) is 4.86. The van der Waals surface area contributed by atoms with Crippen molar-refractivity contribution in [3.8, 4) is 0 Å². The third kappa shape index (κ3) is 2.73. The van der Waals surface area contributed by atoms with Gasteiger partial charge in [0.2, 0.25) is 0 Å². The molecule has 1 aliphatic heterocycles. The molecule has 2 aliphatic rings. The number of hydrogen-bond donors (Lipinski definition) is 0. The van der Waals surface area contributed by atoms with Gasteiger partial charge in [-0.05, 0) is 37.4 Å². The lowest BCUT2D eigenvalue weighted by atomic mass is 9.80. The summed E-state index contributed by atoms with van der Waals surface area (Å²) < 4.78 is 12.3. The van der Waals surface area contributed by atoms with Gasteiger partial charge in [-0.1, -0.05) is 33.8 Å². The van der Waals surface area contributed by atoms with Crippen molar-refractivity contribution < 1.29 is 14.0 Å². The molecule has 2 unspecified atom stereocenters. The lowest BCUT2D eigenvalue weighted by Gasteiger charge is -2.46. The van der Waals surface area contributed by atoms with E-state index in [4.69, 9.17) is 9.16 Å². The minimum atomic E-state index is -1.85. The van der Waals surface area contributed by atoms with E-state index in [9.17, 15) is 4.79 Å².